The Kier molecular flexibility index (Phi) is 4.90. The summed E-state index contributed by atoms with van der Waals surface area (Å²) in [6.45, 7) is 3.07. The van der Waals surface area contributed by atoms with Crippen molar-refractivity contribution in [2.75, 3.05) is 23.2 Å². The number of aromatic nitrogens is 1. The van der Waals surface area contributed by atoms with E-state index in [1.807, 2.05) is 49.4 Å². The predicted molar refractivity (Wildman–Crippen MR) is 122 cm³/mol. The molecule has 7 heteroatoms. The molecule has 5 rings (SSSR count). The first kappa shape index (κ1) is 20.0. The second kappa shape index (κ2) is 7.61. The average molecular weight is 436 g/mol. The topological polar surface area (TPSA) is 75.3 Å². The van der Waals surface area contributed by atoms with E-state index in [1.54, 1.807) is 0 Å². The zero-order chi connectivity index (χ0) is 21.6. The molecule has 0 bridgehead atoms. The fourth-order valence-electron chi connectivity index (χ4n) is 4.68. The van der Waals surface area contributed by atoms with Crippen molar-refractivity contribution in [3.63, 3.8) is 0 Å². The van der Waals surface area contributed by atoms with Gasteiger partial charge in [-0.25, -0.2) is 8.42 Å². The van der Waals surface area contributed by atoms with Crippen molar-refractivity contribution in [2.45, 2.75) is 38.6 Å². The van der Waals surface area contributed by atoms with Crippen molar-refractivity contribution < 1.29 is 13.2 Å². The molecule has 0 spiro atoms. The van der Waals surface area contributed by atoms with Gasteiger partial charge in [-0.2, -0.15) is 5.26 Å². The Hall–Kier alpha value is -2.98. The summed E-state index contributed by atoms with van der Waals surface area (Å²) >= 11 is 0. The average Bonchev–Trinajstić information content (AvgIpc) is 3.24. The highest BCUT2D eigenvalue weighted by Crippen LogP contribution is 2.43. The van der Waals surface area contributed by atoms with Crippen LogP contribution in [0.3, 0.4) is 0 Å². The molecule has 0 atom stereocenters. The van der Waals surface area contributed by atoms with Crippen LogP contribution in [0.4, 0.5) is 5.69 Å². The minimum absolute atomic E-state index is 0.200. The molecule has 3 aromatic rings. The maximum Gasteiger partial charge on any atom is 0.235 e. The van der Waals surface area contributed by atoms with Crippen LogP contribution in [0.25, 0.3) is 22.2 Å². The van der Waals surface area contributed by atoms with Crippen molar-refractivity contribution in [2.24, 2.45) is 0 Å². The first-order chi connectivity index (χ1) is 15.0. The number of ether oxygens (including phenoxy) is 1. The van der Waals surface area contributed by atoms with Gasteiger partial charge in [-0.15, -0.1) is 0 Å². The number of sulfonamides is 1. The van der Waals surface area contributed by atoms with Gasteiger partial charge >= 0.3 is 0 Å². The van der Waals surface area contributed by atoms with Crippen LogP contribution in [0.1, 0.15) is 44.2 Å². The van der Waals surface area contributed by atoms with E-state index in [0.29, 0.717) is 36.9 Å². The lowest BCUT2D eigenvalue weighted by Gasteiger charge is -2.30. The van der Waals surface area contributed by atoms with E-state index < -0.39 is 10.0 Å². The Labute approximate surface area is 182 Å². The summed E-state index contributed by atoms with van der Waals surface area (Å²) in [6, 6.07) is 16.3. The summed E-state index contributed by atoms with van der Waals surface area (Å²) in [5.74, 6) is 1.00. The lowest BCUT2D eigenvalue weighted by atomic mass is 9.92. The molecule has 2 fully saturated rings. The van der Waals surface area contributed by atoms with Gasteiger partial charge in [0, 0.05) is 24.0 Å². The highest BCUT2D eigenvalue weighted by atomic mass is 32.2. The minimum Gasteiger partial charge on any atom is -0.494 e. The predicted octanol–water partition coefficient (Wildman–Crippen LogP) is 4.84. The number of benzene rings is 2. The highest BCUT2D eigenvalue weighted by molar-refractivity contribution is 7.93. The highest BCUT2D eigenvalue weighted by Gasteiger charge is 2.30. The maximum absolute atomic E-state index is 12.3. The van der Waals surface area contributed by atoms with Crippen LogP contribution in [0.2, 0.25) is 0 Å². The van der Waals surface area contributed by atoms with Crippen LogP contribution in [-0.4, -0.2) is 31.9 Å². The molecule has 1 aliphatic carbocycles. The van der Waals surface area contributed by atoms with Gasteiger partial charge in [0.2, 0.25) is 10.0 Å². The molecule has 0 unspecified atom stereocenters. The number of rotatable bonds is 5. The molecule has 1 saturated carbocycles. The lowest BCUT2D eigenvalue weighted by Crippen LogP contribution is -2.24. The van der Waals surface area contributed by atoms with Gasteiger partial charge in [0.25, 0.3) is 0 Å². The smallest absolute Gasteiger partial charge is 0.235 e. The van der Waals surface area contributed by atoms with Crippen molar-refractivity contribution in [3.8, 4) is 23.1 Å². The summed E-state index contributed by atoms with van der Waals surface area (Å²) in [5.41, 5.74) is 4.20. The third-order valence-corrected chi connectivity index (χ3v) is 8.24. The first-order valence-electron chi connectivity index (χ1n) is 10.8. The number of fused-ring (bicyclic) bond motifs is 1. The summed E-state index contributed by atoms with van der Waals surface area (Å²) in [5, 5.41) is 11.0. The molecule has 6 nitrogen and oxygen atoms in total. The van der Waals surface area contributed by atoms with Gasteiger partial charge in [0.15, 0.2) is 0 Å². The summed E-state index contributed by atoms with van der Waals surface area (Å²) in [6.07, 6.45) is 4.01. The summed E-state index contributed by atoms with van der Waals surface area (Å²) < 4.78 is 34.1. The van der Waals surface area contributed by atoms with Gasteiger partial charge in [0.05, 0.1) is 34.8 Å². The fraction of sp³-hybridized carbons (Fsp3) is 0.375. The fourth-order valence-corrected chi connectivity index (χ4v) is 6.25. The molecular weight excluding hydrogens is 410 g/mol. The van der Waals surface area contributed by atoms with E-state index in [0.717, 1.165) is 40.8 Å². The van der Waals surface area contributed by atoms with Crippen LogP contribution >= 0.6 is 0 Å². The molecule has 0 radical (unpaired) electrons. The SMILES string of the molecule is CCOc1ccc2c(C#N)c(-c3ccc(N4CCCS4(=O)=O)cc3)n(C3CCC3)c2c1. The minimum atomic E-state index is -3.22. The molecule has 160 valence electrons. The second-order valence-electron chi connectivity index (χ2n) is 8.19. The molecule has 0 amide bonds. The molecule has 2 aromatic carbocycles. The van der Waals surface area contributed by atoms with E-state index in [-0.39, 0.29) is 5.75 Å². The zero-order valence-electron chi connectivity index (χ0n) is 17.5. The van der Waals surface area contributed by atoms with Crippen molar-refractivity contribution in [1.82, 2.24) is 4.57 Å². The van der Waals surface area contributed by atoms with Crippen LogP contribution in [0.15, 0.2) is 42.5 Å². The van der Waals surface area contributed by atoms with Crippen molar-refractivity contribution in [3.05, 3.63) is 48.0 Å². The molecule has 1 aromatic heterocycles. The molecule has 1 aliphatic heterocycles. The molecule has 1 saturated heterocycles. The normalized spacial score (nSPS) is 18.1. The Balaban J connectivity index is 1.66. The number of hydrogen-bond acceptors (Lipinski definition) is 4. The molecular formula is C24H25N3O3S. The van der Waals surface area contributed by atoms with Crippen molar-refractivity contribution >= 4 is 26.6 Å². The number of anilines is 1. The van der Waals surface area contributed by atoms with Crippen LogP contribution in [0, 0.1) is 11.3 Å². The van der Waals surface area contributed by atoms with E-state index in [2.05, 4.69) is 10.6 Å². The van der Waals surface area contributed by atoms with Gasteiger partial charge in [-0.3, -0.25) is 4.31 Å². The third-order valence-electron chi connectivity index (χ3n) is 6.37. The van der Waals surface area contributed by atoms with Gasteiger partial charge in [0.1, 0.15) is 11.8 Å². The second-order valence-corrected chi connectivity index (χ2v) is 10.2. The monoisotopic (exact) mass is 435 g/mol. The van der Waals surface area contributed by atoms with E-state index >= 15 is 0 Å². The number of nitrogens with zero attached hydrogens (tertiary/aromatic N) is 3. The zero-order valence-corrected chi connectivity index (χ0v) is 18.4. The van der Waals surface area contributed by atoms with Gasteiger partial charge in [-0.05, 0) is 62.4 Å². The number of nitriles is 1. The maximum atomic E-state index is 12.3. The Bertz CT molecular complexity index is 1280. The molecule has 31 heavy (non-hydrogen) atoms. The van der Waals surface area contributed by atoms with Crippen LogP contribution in [0.5, 0.6) is 5.75 Å². The Morgan fingerprint density at radius 3 is 2.48 bits per heavy atom. The Morgan fingerprint density at radius 2 is 1.90 bits per heavy atom. The summed E-state index contributed by atoms with van der Waals surface area (Å²) in [4.78, 5) is 0. The largest absolute Gasteiger partial charge is 0.494 e. The van der Waals surface area contributed by atoms with E-state index in [9.17, 15) is 13.7 Å². The Morgan fingerprint density at radius 1 is 1.13 bits per heavy atom. The standard InChI is InChI=1S/C24H25N3O3S/c1-2-30-20-11-12-21-22(16-25)24(27(23(21)15-20)19-5-3-6-19)17-7-9-18(10-8-17)26-13-4-14-31(26,28)29/h7-12,15,19H,2-6,13-14H2,1H3. The summed E-state index contributed by atoms with van der Waals surface area (Å²) in [7, 11) is -3.22. The van der Waals surface area contributed by atoms with Crippen molar-refractivity contribution in [1.29, 1.82) is 5.26 Å². The molecule has 2 heterocycles. The van der Waals surface area contributed by atoms with E-state index in [1.165, 1.54) is 10.7 Å². The van der Waals surface area contributed by atoms with Crippen LogP contribution < -0.4 is 9.04 Å². The van der Waals surface area contributed by atoms with Gasteiger partial charge < -0.3 is 9.30 Å². The van der Waals surface area contributed by atoms with Crippen LogP contribution in [-0.2, 0) is 10.0 Å². The first-order valence-corrected chi connectivity index (χ1v) is 12.5. The molecule has 2 aliphatic rings. The number of hydrogen-bond donors (Lipinski definition) is 0. The quantitative estimate of drug-likeness (QED) is 0.574. The van der Waals surface area contributed by atoms with E-state index in [4.69, 9.17) is 4.74 Å². The van der Waals surface area contributed by atoms with Gasteiger partial charge in [-0.1, -0.05) is 12.1 Å². The molecule has 0 N–H and O–H groups in total. The third kappa shape index (κ3) is 3.26. The lowest BCUT2D eigenvalue weighted by molar-refractivity contribution is 0.322.